The van der Waals surface area contributed by atoms with Gasteiger partial charge in [-0.25, -0.2) is 4.98 Å². The third-order valence-electron chi connectivity index (χ3n) is 2.63. The molecule has 0 aliphatic carbocycles. The van der Waals surface area contributed by atoms with E-state index in [0.717, 1.165) is 0 Å². The van der Waals surface area contributed by atoms with Crippen molar-refractivity contribution in [3.63, 3.8) is 0 Å². The minimum atomic E-state index is -0.0899. The number of benzene rings is 1. The summed E-state index contributed by atoms with van der Waals surface area (Å²) in [7, 11) is 0. The van der Waals surface area contributed by atoms with E-state index in [4.69, 9.17) is 17.3 Å². The maximum Gasteiger partial charge on any atom is 0.261 e. The number of nitrogens with zero attached hydrogens (tertiary/aromatic N) is 2. The van der Waals surface area contributed by atoms with Crippen LogP contribution in [0.15, 0.2) is 23.0 Å². The van der Waals surface area contributed by atoms with Crippen LogP contribution >= 0.6 is 11.6 Å². The minimum Gasteiger partial charge on any atom is -0.324 e. The van der Waals surface area contributed by atoms with Crippen LogP contribution in [-0.4, -0.2) is 9.55 Å². The molecule has 2 aromatic rings. The molecule has 4 nitrogen and oxygen atoms in total. The van der Waals surface area contributed by atoms with Crippen molar-refractivity contribution in [2.45, 2.75) is 26.4 Å². The summed E-state index contributed by atoms with van der Waals surface area (Å²) < 4.78 is 1.61. The van der Waals surface area contributed by atoms with Crippen LogP contribution in [0.2, 0.25) is 5.02 Å². The van der Waals surface area contributed by atoms with Crippen LogP contribution in [-0.2, 0) is 6.54 Å². The summed E-state index contributed by atoms with van der Waals surface area (Å²) in [6, 6.07) is 5.13. The highest BCUT2D eigenvalue weighted by atomic mass is 35.5. The third kappa shape index (κ3) is 2.06. The van der Waals surface area contributed by atoms with Crippen molar-refractivity contribution in [2.75, 3.05) is 0 Å². The Morgan fingerprint density at radius 2 is 2.18 bits per heavy atom. The van der Waals surface area contributed by atoms with Gasteiger partial charge in [0.1, 0.15) is 5.82 Å². The molecule has 0 atom stereocenters. The SMILES string of the molecule is CC(C)n1c(CN)nc2ccc(Cl)cc2c1=O. The van der Waals surface area contributed by atoms with Gasteiger partial charge in [-0.05, 0) is 32.0 Å². The van der Waals surface area contributed by atoms with Crippen LogP contribution in [0.4, 0.5) is 0 Å². The normalized spacial score (nSPS) is 11.4. The highest BCUT2D eigenvalue weighted by Crippen LogP contribution is 2.16. The number of nitrogens with two attached hydrogens (primary N) is 1. The first-order chi connectivity index (χ1) is 8.04. The summed E-state index contributed by atoms with van der Waals surface area (Å²) in [4.78, 5) is 16.7. The van der Waals surface area contributed by atoms with Crippen LogP contribution in [0.3, 0.4) is 0 Å². The van der Waals surface area contributed by atoms with Crippen molar-refractivity contribution in [2.24, 2.45) is 5.73 Å². The Bertz CT molecular complexity index is 619. The van der Waals surface area contributed by atoms with Crippen LogP contribution < -0.4 is 11.3 Å². The number of fused-ring (bicyclic) bond motifs is 1. The highest BCUT2D eigenvalue weighted by Gasteiger charge is 2.12. The summed E-state index contributed by atoms with van der Waals surface area (Å²) in [5.41, 5.74) is 6.18. The molecule has 2 N–H and O–H groups in total. The van der Waals surface area contributed by atoms with Crippen LogP contribution in [0.1, 0.15) is 25.7 Å². The molecular weight excluding hydrogens is 238 g/mol. The van der Waals surface area contributed by atoms with Gasteiger partial charge in [-0.1, -0.05) is 11.6 Å². The van der Waals surface area contributed by atoms with Gasteiger partial charge in [0, 0.05) is 11.1 Å². The van der Waals surface area contributed by atoms with E-state index in [-0.39, 0.29) is 18.1 Å². The molecule has 1 aromatic carbocycles. The minimum absolute atomic E-state index is 0.0249. The van der Waals surface area contributed by atoms with Gasteiger partial charge in [0.25, 0.3) is 5.56 Å². The Morgan fingerprint density at radius 3 is 2.76 bits per heavy atom. The first-order valence-electron chi connectivity index (χ1n) is 5.45. The smallest absolute Gasteiger partial charge is 0.261 e. The van der Waals surface area contributed by atoms with Crippen molar-refractivity contribution in [1.82, 2.24) is 9.55 Å². The van der Waals surface area contributed by atoms with E-state index in [2.05, 4.69) is 4.98 Å². The van der Waals surface area contributed by atoms with Crippen LogP contribution in [0.5, 0.6) is 0 Å². The number of hydrogen-bond donors (Lipinski definition) is 1. The predicted molar refractivity (Wildman–Crippen MR) is 69.3 cm³/mol. The van der Waals surface area contributed by atoms with Gasteiger partial charge in [0.15, 0.2) is 0 Å². The zero-order valence-corrected chi connectivity index (χ0v) is 10.5. The second-order valence-corrected chi connectivity index (χ2v) is 4.60. The average Bonchev–Trinajstić information content (AvgIpc) is 2.29. The van der Waals surface area contributed by atoms with E-state index >= 15 is 0 Å². The largest absolute Gasteiger partial charge is 0.324 e. The van der Waals surface area contributed by atoms with Crippen molar-refractivity contribution in [3.8, 4) is 0 Å². The van der Waals surface area contributed by atoms with Crippen molar-refractivity contribution in [3.05, 3.63) is 39.4 Å². The molecule has 0 saturated carbocycles. The predicted octanol–water partition coefficient (Wildman–Crippen LogP) is 2.09. The van der Waals surface area contributed by atoms with Gasteiger partial charge in [-0.3, -0.25) is 9.36 Å². The standard InChI is InChI=1S/C12H14ClN3O/c1-7(2)16-11(6-14)15-10-4-3-8(13)5-9(10)12(16)17/h3-5,7H,6,14H2,1-2H3. The lowest BCUT2D eigenvalue weighted by Gasteiger charge is -2.15. The molecular formula is C12H14ClN3O. The number of aromatic nitrogens is 2. The van der Waals surface area contributed by atoms with Gasteiger partial charge < -0.3 is 5.73 Å². The Morgan fingerprint density at radius 1 is 1.47 bits per heavy atom. The Balaban J connectivity index is 2.89. The van der Waals surface area contributed by atoms with Gasteiger partial charge in [0.05, 0.1) is 17.4 Å². The molecule has 0 unspecified atom stereocenters. The molecule has 0 bridgehead atoms. The summed E-state index contributed by atoms with van der Waals surface area (Å²) in [5.74, 6) is 0.597. The molecule has 0 spiro atoms. The van der Waals surface area contributed by atoms with E-state index in [1.54, 1.807) is 22.8 Å². The second kappa shape index (κ2) is 4.47. The molecule has 17 heavy (non-hydrogen) atoms. The summed E-state index contributed by atoms with van der Waals surface area (Å²) in [6.45, 7) is 4.10. The van der Waals surface area contributed by atoms with Gasteiger partial charge in [-0.2, -0.15) is 0 Å². The Kier molecular flexibility index (Phi) is 3.17. The fourth-order valence-electron chi connectivity index (χ4n) is 1.89. The van der Waals surface area contributed by atoms with Gasteiger partial charge in [0.2, 0.25) is 0 Å². The summed E-state index contributed by atoms with van der Waals surface area (Å²) in [6.07, 6.45) is 0. The van der Waals surface area contributed by atoms with E-state index < -0.39 is 0 Å². The molecule has 0 aliphatic rings. The molecule has 0 radical (unpaired) electrons. The zero-order chi connectivity index (χ0) is 12.6. The first-order valence-corrected chi connectivity index (χ1v) is 5.83. The molecule has 2 rings (SSSR count). The molecule has 0 amide bonds. The lowest BCUT2D eigenvalue weighted by molar-refractivity contribution is 0.541. The van der Waals surface area contributed by atoms with Gasteiger partial charge >= 0.3 is 0 Å². The molecule has 90 valence electrons. The van der Waals surface area contributed by atoms with E-state index in [1.807, 2.05) is 13.8 Å². The molecule has 1 heterocycles. The quantitative estimate of drug-likeness (QED) is 0.889. The number of halogens is 1. The second-order valence-electron chi connectivity index (χ2n) is 4.16. The fraction of sp³-hybridized carbons (Fsp3) is 0.333. The average molecular weight is 252 g/mol. The molecule has 0 aliphatic heterocycles. The number of hydrogen-bond acceptors (Lipinski definition) is 3. The Hall–Kier alpha value is -1.39. The molecule has 0 saturated heterocycles. The summed E-state index contributed by atoms with van der Waals surface area (Å²) >= 11 is 5.90. The monoisotopic (exact) mass is 251 g/mol. The topological polar surface area (TPSA) is 60.9 Å². The van der Waals surface area contributed by atoms with Crippen molar-refractivity contribution < 1.29 is 0 Å². The lowest BCUT2D eigenvalue weighted by atomic mass is 10.2. The zero-order valence-electron chi connectivity index (χ0n) is 9.77. The van der Waals surface area contributed by atoms with Crippen molar-refractivity contribution >= 4 is 22.5 Å². The first kappa shape index (κ1) is 12.1. The highest BCUT2D eigenvalue weighted by molar-refractivity contribution is 6.31. The number of rotatable bonds is 2. The van der Waals surface area contributed by atoms with E-state index in [9.17, 15) is 4.79 Å². The molecule has 0 fully saturated rings. The van der Waals surface area contributed by atoms with Crippen LogP contribution in [0, 0.1) is 0 Å². The third-order valence-corrected chi connectivity index (χ3v) is 2.87. The van der Waals surface area contributed by atoms with E-state index in [1.165, 1.54) is 0 Å². The van der Waals surface area contributed by atoms with E-state index in [0.29, 0.717) is 21.7 Å². The van der Waals surface area contributed by atoms with Crippen molar-refractivity contribution in [1.29, 1.82) is 0 Å². The fourth-order valence-corrected chi connectivity index (χ4v) is 2.07. The van der Waals surface area contributed by atoms with Crippen LogP contribution in [0.25, 0.3) is 10.9 Å². The summed E-state index contributed by atoms with van der Waals surface area (Å²) in [5, 5.41) is 1.07. The maximum absolute atomic E-state index is 12.3. The lowest BCUT2D eigenvalue weighted by Crippen LogP contribution is -2.28. The maximum atomic E-state index is 12.3. The van der Waals surface area contributed by atoms with Gasteiger partial charge in [-0.15, -0.1) is 0 Å². The molecule has 5 heteroatoms. The Labute approximate surface area is 104 Å². The molecule has 1 aromatic heterocycles.